The number of carbonyl (C=O) groups is 1. The maximum Gasteiger partial charge on any atom is 0.408 e. The number of thiol groups is 1. The molecule has 0 aliphatic carbocycles. The van der Waals surface area contributed by atoms with Gasteiger partial charge in [0.05, 0.1) is 11.9 Å². The first kappa shape index (κ1) is 20.7. The normalized spacial score (nSPS) is 14.3. The van der Waals surface area contributed by atoms with Crippen molar-refractivity contribution in [3.63, 3.8) is 0 Å². The van der Waals surface area contributed by atoms with E-state index in [9.17, 15) is 18.7 Å². The lowest BCUT2D eigenvalue weighted by Crippen LogP contribution is -2.55. The van der Waals surface area contributed by atoms with Crippen LogP contribution < -0.4 is 5.32 Å². The number of rotatable bonds is 7. The Morgan fingerprint density at radius 3 is 2.62 bits per heavy atom. The fraction of sp³-hybridized carbons (Fsp3) is 0.278. The molecule has 2 rings (SSSR count). The SMILES string of the molecule is O=C(N[C@](CF)(c1cc(Br)ccc1F)[C@H](S)CO)OCc1ccccc1. The molecule has 0 heterocycles. The Morgan fingerprint density at radius 2 is 2.00 bits per heavy atom. The number of nitrogens with one attached hydrogen (secondary N) is 1. The van der Waals surface area contributed by atoms with E-state index in [1.54, 1.807) is 24.3 Å². The van der Waals surface area contributed by atoms with Crippen LogP contribution in [0.5, 0.6) is 0 Å². The summed E-state index contributed by atoms with van der Waals surface area (Å²) >= 11 is 7.35. The molecule has 0 aliphatic rings. The van der Waals surface area contributed by atoms with E-state index in [0.29, 0.717) is 4.47 Å². The molecule has 2 aromatic rings. The molecule has 2 aromatic carbocycles. The quantitative estimate of drug-likeness (QED) is 0.565. The lowest BCUT2D eigenvalue weighted by atomic mass is 9.87. The van der Waals surface area contributed by atoms with E-state index < -0.39 is 36.0 Å². The van der Waals surface area contributed by atoms with Crippen molar-refractivity contribution in [1.29, 1.82) is 0 Å². The number of hydrogen-bond donors (Lipinski definition) is 3. The van der Waals surface area contributed by atoms with E-state index in [4.69, 9.17) is 4.74 Å². The van der Waals surface area contributed by atoms with E-state index in [-0.39, 0.29) is 12.2 Å². The highest BCUT2D eigenvalue weighted by Crippen LogP contribution is 2.33. The molecular formula is C18H18BrF2NO3S. The summed E-state index contributed by atoms with van der Waals surface area (Å²) in [7, 11) is 0. The average Bonchev–Trinajstić information content (AvgIpc) is 2.66. The maximum atomic E-state index is 14.4. The summed E-state index contributed by atoms with van der Waals surface area (Å²) in [6, 6.07) is 12.8. The minimum Gasteiger partial charge on any atom is -0.445 e. The van der Waals surface area contributed by atoms with Crippen LogP contribution in [0.3, 0.4) is 0 Å². The second-order valence-corrected chi connectivity index (χ2v) is 7.15. The Balaban J connectivity index is 2.27. The summed E-state index contributed by atoms with van der Waals surface area (Å²) < 4.78 is 34.0. The summed E-state index contributed by atoms with van der Waals surface area (Å²) in [5.41, 5.74) is -1.29. The van der Waals surface area contributed by atoms with Crippen LogP contribution in [0.4, 0.5) is 13.6 Å². The van der Waals surface area contributed by atoms with Crippen molar-refractivity contribution in [3.05, 3.63) is 69.9 Å². The molecule has 0 unspecified atom stereocenters. The minimum absolute atomic E-state index is 0.0353. The molecule has 0 saturated carbocycles. The number of ether oxygens (including phenoxy) is 1. The van der Waals surface area contributed by atoms with Gasteiger partial charge >= 0.3 is 6.09 Å². The van der Waals surface area contributed by atoms with Crippen LogP contribution in [-0.4, -0.2) is 29.7 Å². The van der Waals surface area contributed by atoms with E-state index in [0.717, 1.165) is 11.6 Å². The molecule has 0 saturated heterocycles. The molecule has 4 nitrogen and oxygen atoms in total. The molecule has 2 atom stereocenters. The summed E-state index contributed by atoms with van der Waals surface area (Å²) in [4.78, 5) is 12.2. The number of aliphatic hydroxyl groups is 1. The molecule has 0 spiro atoms. The van der Waals surface area contributed by atoms with Crippen molar-refractivity contribution in [3.8, 4) is 0 Å². The van der Waals surface area contributed by atoms with Crippen molar-refractivity contribution >= 4 is 34.7 Å². The number of carbonyl (C=O) groups excluding carboxylic acids is 1. The Morgan fingerprint density at radius 1 is 1.31 bits per heavy atom. The van der Waals surface area contributed by atoms with Gasteiger partial charge in [-0.05, 0) is 23.8 Å². The zero-order valence-corrected chi connectivity index (χ0v) is 16.1. The zero-order chi connectivity index (χ0) is 19.2. The molecule has 1 amide bonds. The maximum absolute atomic E-state index is 14.4. The van der Waals surface area contributed by atoms with Gasteiger partial charge in [0, 0.05) is 10.0 Å². The average molecular weight is 446 g/mol. The highest BCUT2D eigenvalue weighted by molar-refractivity contribution is 9.10. The summed E-state index contributed by atoms with van der Waals surface area (Å²) in [5.74, 6) is -0.735. The van der Waals surface area contributed by atoms with Crippen molar-refractivity contribution in [2.75, 3.05) is 13.3 Å². The van der Waals surface area contributed by atoms with Crippen LogP contribution in [0.15, 0.2) is 53.0 Å². The monoisotopic (exact) mass is 445 g/mol. The van der Waals surface area contributed by atoms with Crippen LogP contribution in [0, 0.1) is 5.82 Å². The van der Waals surface area contributed by atoms with E-state index in [1.807, 2.05) is 6.07 Å². The summed E-state index contributed by atoms with van der Waals surface area (Å²) in [5, 5.41) is 10.7. The molecule has 0 aromatic heterocycles. The number of alkyl carbamates (subject to hydrolysis) is 1. The predicted octanol–water partition coefficient (Wildman–Crippen LogP) is 3.97. The lowest BCUT2D eigenvalue weighted by molar-refractivity contribution is 0.111. The van der Waals surface area contributed by atoms with Gasteiger partial charge in [0.15, 0.2) is 0 Å². The second-order valence-electron chi connectivity index (χ2n) is 5.61. The Bertz CT molecular complexity index is 750. The summed E-state index contributed by atoms with van der Waals surface area (Å²) in [6.45, 7) is -1.81. The molecule has 2 N–H and O–H groups in total. The van der Waals surface area contributed by atoms with Gasteiger partial charge in [-0.15, -0.1) is 0 Å². The number of benzene rings is 2. The van der Waals surface area contributed by atoms with Crippen LogP contribution >= 0.6 is 28.6 Å². The number of aliphatic hydroxyl groups excluding tert-OH is 1. The van der Waals surface area contributed by atoms with Crippen molar-refractivity contribution in [1.82, 2.24) is 5.32 Å². The van der Waals surface area contributed by atoms with Crippen LogP contribution in [0.25, 0.3) is 0 Å². The Labute approximate surface area is 164 Å². The first-order valence-electron chi connectivity index (χ1n) is 7.72. The van der Waals surface area contributed by atoms with Crippen LogP contribution in [0.1, 0.15) is 11.1 Å². The van der Waals surface area contributed by atoms with Gasteiger partial charge in [-0.2, -0.15) is 12.6 Å². The third-order valence-corrected chi connectivity index (χ3v) is 5.00. The summed E-state index contributed by atoms with van der Waals surface area (Å²) in [6.07, 6.45) is -0.946. The van der Waals surface area contributed by atoms with Crippen LogP contribution in [0.2, 0.25) is 0 Å². The third kappa shape index (κ3) is 4.75. The smallest absolute Gasteiger partial charge is 0.408 e. The lowest BCUT2D eigenvalue weighted by Gasteiger charge is -2.36. The molecular weight excluding hydrogens is 428 g/mol. The van der Waals surface area contributed by atoms with Gasteiger partial charge in [0.2, 0.25) is 0 Å². The Kier molecular flexibility index (Phi) is 7.43. The Hall–Kier alpha value is -1.64. The van der Waals surface area contributed by atoms with Crippen molar-refractivity contribution < 1.29 is 23.4 Å². The number of hydrogen-bond acceptors (Lipinski definition) is 4. The predicted molar refractivity (Wildman–Crippen MR) is 101 cm³/mol. The number of halogens is 3. The van der Waals surface area contributed by atoms with E-state index >= 15 is 0 Å². The third-order valence-electron chi connectivity index (χ3n) is 3.90. The van der Waals surface area contributed by atoms with Gasteiger partial charge in [0.1, 0.15) is 24.6 Å². The first-order chi connectivity index (χ1) is 12.4. The van der Waals surface area contributed by atoms with E-state index in [2.05, 4.69) is 33.9 Å². The number of amides is 1. The van der Waals surface area contributed by atoms with Gasteiger partial charge in [0.25, 0.3) is 0 Å². The second kappa shape index (κ2) is 9.34. The molecule has 0 bridgehead atoms. The molecule has 0 fully saturated rings. The van der Waals surface area contributed by atoms with Gasteiger partial charge in [-0.3, -0.25) is 0 Å². The number of alkyl halides is 1. The van der Waals surface area contributed by atoms with Crippen molar-refractivity contribution in [2.24, 2.45) is 0 Å². The highest BCUT2D eigenvalue weighted by atomic mass is 79.9. The molecule has 140 valence electrons. The molecule has 0 aliphatic heterocycles. The fourth-order valence-corrected chi connectivity index (χ4v) is 3.09. The largest absolute Gasteiger partial charge is 0.445 e. The van der Waals surface area contributed by atoms with Crippen molar-refractivity contribution in [2.45, 2.75) is 17.4 Å². The first-order valence-corrected chi connectivity index (χ1v) is 9.03. The van der Waals surface area contributed by atoms with Crippen LogP contribution in [-0.2, 0) is 16.9 Å². The topological polar surface area (TPSA) is 58.6 Å². The standard InChI is InChI=1S/C18H18BrF2NO3S/c19-13-6-7-15(21)14(8-13)18(11-20,16(26)9-23)22-17(24)25-10-12-4-2-1-3-5-12/h1-8,16,23,26H,9-11H2,(H,22,24)/t16-,18-/m1/s1. The van der Waals surface area contributed by atoms with E-state index in [1.165, 1.54) is 12.1 Å². The van der Waals surface area contributed by atoms with Gasteiger partial charge in [-0.25, -0.2) is 13.6 Å². The minimum atomic E-state index is -1.89. The van der Waals surface area contributed by atoms with Gasteiger partial charge in [-0.1, -0.05) is 46.3 Å². The fourth-order valence-electron chi connectivity index (χ4n) is 2.46. The molecule has 8 heteroatoms. The molecule has 0 radical (unpaired) electrons. The van der Waals surface area contributed by atoms with Gasteiger partial charge < -0.3 is 15.2 Å². The zero-order valence-electron chi connectivity index (χ0n) is 13.7. The molecule has 26 heavy (non-hydrogen) atoms. The highest BCUT2D eigenvalue weighted by Gasteiger charge is 2.43.